The Morgan fingerprint density at radius 1 is 1.28 bits per heavy atom. The summed E-state index contributed by atoms with van der Waals surface area (Å²) in [5.74, 6) is -0.600. The van der Waals surface area contributed by atoms with Gasteiger partial charge in [-0.25, -0.2) is 4.39 Å². The molecule has 2 aromatic rings. The zero-order chi connectivity index (χ0) is 13.0. The molecule has 0 spiro atoms. The lowest BCUT2D eigenvalue weighted by Crippen LogP contribution is -2.15. The number of H-pyrrole nitrogens is 1. The van der Waals surface area contributed by atoms with E-state index in [1.54, 1.807) is 24.4 Å². The number of carbonyl (C=O) groups excluding carboxylic acids is 2. The second kappa shape index (κ2) is 5.27. The number of anilines is 1. The maximum atomic E-state index is 12.7. The summed E-state index contributed by atoms with van der Waals surface area (Å²) < 4.78 is 12.7. The molecule has 0 unspecified atom stereocenters. The van der Waals surface area contributed by atoms with Crippen LogP contribution in [0, 0.1) is 5.82 Å². The van der Waals surface area contributed by atoms with Gasteiger partial charge in [0.1, 0.15) is 11.5 Å². The van der Waals surface area contributed by atoms with E-state index in [9.17, 15) is 14.0 Å². The zero-order valence-electron chi connectivity index (χ0n) is 9.44. The molecular formula is C13H11FN2O2. The fourth-order valence-corrected chi connectivity index (χ4v) is 1.57. The van der Waals surface area contributed by atoms with E-state index in [1.165, 1.54) is 12.1 Å². The van der Waals surface area contributed by atoms with Crippen molar-refractivity contribution in [3.05, 3.63) is 53.6 Å². The Labute approximate surface area is 103 Å². The van der Waals surface area contributed by atoms with Crippen LogP contribution in [-0.4, -0.2) is 17.2 Å². The number of hydrogen-bond donors (Lipinski definition) is 2. The molecule has 0 radical (unpaired) electrons. The predicted octanol–water partition coefficient (Wildman–Crippen LogP) is 2.15. The number of aromatic nitrogens is 1. The highest BCUT2D eigenvalue weighted by Crippen LogP contribution is 2.12. The first-order valence-electron chi connectivity index (χ1n) is 5.36. The van der Waals surface area contributed by atoms with Crippen molar-refractivity contribution >= 4 is 17.9 Å². The van der Waals surface area contributed by atoms with E-state index in [4.69, 9.17) is 0 Å². The molecule has 1 aromatic heterocycles. The molecule has 1 heterocycles. The molecule has 0 atom stereocenters. The van der Waals surface area contributed by atoms with E-state index < -0.39 is 0 Å². The van der Waals surface area contributed by atoms with Crippen LogP contribution in [0.15, 0.2) is 36.5 Å². The summed E-state index contributed by atoms with van der Waals surface area (Å²) in [5.41, 5.74) is 1.47. The van der Waals surface area contributed by atoms with Gasteiger partial charge < -0.3 is 10.3 Å². The number of rotatable bonds is 4. The first kappa shape index (κ1) is 12.0. The number of aromatic amines is 1. The third-order valence-electron chi connectivity index (χ3n) is 2.45. The maximum Gasteiger partial charge on any atom is 0.228 e. The van der Waals surface area contributed by atoms with E-state index in [0.717, 1.165) is 0 Å². The van der Waals surface area contributed by atoms with Crippen molar-refractivity contribution in [2.75, 3.05) is 5.32 Å². The molecule has 4 nitrogen and oxygen atoms in total. The number of aldehydes is 1. The largest absolute Gasteiger partial charge is 0.357 e. The van der Waals surface area contributed by atoms with Crippen LogP contribution < -0.4 is 5.32 Å². The van der Waals surface area contributed by atoms with Gasteiger partial charge in [-0.3, -0.25) is 9.59 Å². The van der Waals surface area contributed by atoms with Gasteiger partial charge in [0.2, 0.25) is 5.91 Å². The summed E-state index contributed by atoms with van der Waals surface area (Å²) in [4.78, 5) is 25.0. The van der Waals surface area contributed by atoms with Crippen LogP contribution in [0.25, 0.3) is 0 Å². The summed E-state index contributed by atoms with van der Waals surface area (Å²) in [6.07, 6.45) is 2.33. The third kappa shape index (κ3) is 2.82. The second-order valence-corrected chi connectivity index (χ2v) is 3.77. The highest BCUT2D eigenvalue weighted by molar-refractivity contribution is 5.96. The van der Waals surface area contributed by atoms with Crippen LogP contribution in [0.2, 0.25) is 0 Å². The average molecular weight is 246 g/mol. The van der Waals surface area contributed by atoms with Gasteiger partial charge >= 0.3 is 0 Å². The molecule has 0 aliphatic heterocycles. The minimum atomic E-state index is -0.340. The molecule has 18 heavy (non-hydrogen) atoms. The van der Waals surface area contributed by atoms with Crippen LogP contribution in [0.5, 0.6) is 0 Å². The summed E-state index contributed by atoms with van der Waals surface area (Å²) in [6.45, 7) is 0. The molecule has 0 saturated carbocycles. The summed E-state index contributed by atoms with van der Waals surface area (Å²) in [7, 11) is 0. The monoisotopic (exact) mass is 246 g/mol. The summed E-state index contributed by atoms with van der Waals surface area (Å²) in [5, 5.41) is 2.61. The van der Waals surface area contributed by atoms with Crippen LogP contribution in [0.3, 0.4) is 0 Å². The summed E-state index contributed by atoms with van der Waals surface area (Å²) >= 11 is 0. The number of nitrogens with one attached hydrogen (secondary N) is 2. The lowest BCUT2D eigenvalue weighted by atomic mass is 10.1. The molecule has 2 rings (SSSR count). The first-order chi connectivity index (χ1) is 8.69. The van der Waals surface area contributed by atoms with E-state index in [0.29, 0.717) is 23.2 Å². The molecule has 2 N–H and O–H groups in total. The minimum Gasteiger partial charge on any atom is -0.357 e. The Kier molecular flexibility index (Phi) is 3.52. The fourth-order valence-electron chi connectivity index (χ4n) is 1.57. The second-order valence-electron chi connectivity index (χ2n) is 3.77. The molecule has 5 heteroatoms. The average Bonchev–Trinajstić information content (AvgIpc) is 2.79. The lowest BCUT2D eigenvalue weighted by molar-refractivity contribution is -0.115. The molecule has 0 aliphatic rings. The van der Waals surface area contributed by atoms with Gasteiger partial charge in [-0.05, 0) is 23.8 Å². The van der Waals surface area contributed by atoms with Gasteiger partial charge in [0.25, 0.3) is 0 Å². The maximum absolute atomic E-state index is 12.7. The van der Waals surface area contributed by atoms with E-state index in [2.05, 4.69) is 10.3 Å². The Hall–Kier alpha value is -2.43. The van der Waals surface area contributed by atoms with E-state index in [1.807, 2.05) is 0 Å². The van der Waals surface area contributed by atoms with Crippen molar-refractivity contribution < 1.29 is 14.0 Å². The van der Waals surface area contributed by atoms with Crippen molar-refractivity contribution in [1.29, 1.82) is 0 Å². The van der Waals surface area contributed by atoms with E-state index >= 15 is 0 Å². The quantitative estimate of drug-likeness (QED) is 0.812. The van der Waals surface area contributed by atoms with Crippen molar-refractivity contribution in [3.8, 4) is 0 Å². The molecule has 0 bridgehead atoms. The molecule has 0 aliphatic carbocycles. The molecular weight excluding hydrogens is 235 g/mol. The molecule has 1 amide bonds. The van der Waals surface area contributed by atoms with Crippen LogP contribution in [0.4, 0.5) is 10.1 Å². The normalized spacial score (nSPS) is 10.1. The Bertz CT molecular complexity index is 561. The number of carbonyl (C=O) groups is 2. The Morgan fingerprint density at radius 2 is 2.00 bits per heavy atom. The van der Waals surface area contributed by atoms with Gasteiger partial charge in [0.05, 0.1) is 12.1 Å². The number of benzene rings is 1. The molecule has 0 saturated heterocycles. The van der Waals surface area contributed by atoms with Gasteiger partial charge in [0.15, 0.2) is 6.29 Å². The van der Waals surface area contributed by atoms with E-state index in [-0.39, 0.29) is 18.1 Å². The number of amides is 1. The van der Waals surface area contributed by atoms with Crippen LogP contribution >= 0.6 is 0 Å². The topological polar surface area (TPSA) is 62.0 Å². The smallest absolute Gasteiger partial charge is 0.228 e. The van der Waals surface area contributed by atoms with Crippen molar-refractivity contribution in [2.45, 2.75) is 6.42 Å². The van der Waals surface area contributed by atoms with Gasteiger partial charge in [-0.2, -0.15) is 0 Å². The number of hydrogen-bond acceptors (Lipinski definition) is 2. The predicted molar refractivity (Wildman–Crippen MR) is 64.9 cm³/mol. The Morgan fingerprint density at radius 3 is 2.67 bits per heavy atom. The lowest BCUT2D eigenvalue weighted by Gasteiger charge is -2.04. The highest BCUT2D eigenvalue weighted by Gasteiger charge is 2.08. The summed E-state index contributed by atoms with van der Waals surface area (Å²) in [6, 6.07) is 7.30. The third-order valence-corrected chi connectivity index (χ3v) is 2.45. The van der Waals surface area contributed by atoms with Crippen molar-refractivity contribution in [3.63, 3.8) is 0 Å². The number of halogens is 1. The standard InChI is InChI=1S/C13H11FN2O2/c14-10-3-1-9(2-4-10)7-13(18)16-11-5-6-15-12(11)8-17/h1-6,8,15H,7H2,(H,16,18). The zero-order valence-corrected chi connectivity index (χ0v) is 9.44. The van der Waals surface area contributed by atoms with Crippen LogP contribution in [0.1, 0.15) is 16.1 Å². The molecule has 92 valence electrons. The SMILES string of the molecule is O=Cc1[nH]ccc1NC(=O)Cc1ccc(F)cc1. The van der Waals surface area contributed by atoms with Crippen molar-refractivity contribution in [2.24, 2.45) is 0 Å². The highest BCUT2D eigenvalue weighted by atomic mass is 19.1. The van der Waals surface area contributed by atoms with Gasteiger partial charge in [-0.1, -0.05) is 12.1 Å². The van der Waals surface area contributed by atoms with Crippen LogP contribution in [-0.2, 0) is 11.2 Å². The molecule has 0 fully saturated rings. The fraction of sp³-hybridized carbons (Fsp3) is 0.0769. The molecule has 1 aromatic carbocycles. The Balaban J connectivity index is 2.01. The first-order valence-corrected chi connectivity index (χ1v) is 5.36. The van der Waals surface area contributed by atoms with Crippen molar-refractivity contribution in [1.82, 2.24) is 4.98 Å². The van der Waals surface area contributed by atoms with Gasteiger partial charge in [-0.15, -0.1) is 0 Å². The van der Waals surface area contributed by atoms with Gasteiger partial charge in [0, 0.05) is 6.20 Å². The minimum absolute atomic E-state index is 0.129.